The van der Waals surface area contributed by atoms with Crippen LogP contribution in [0.25, 0.3) is 10.9 Å². The Morgan fingerprint density at radius 3 is 2.72 bits per heavy atom. The summed E-state index contributed by atoms with van der Waals surface area (Å²) in [5, 5.41) is 1.05. The molecule has 0 radical (unpaired) electrons. The number of hydrogen-bond donors (Lipinski definition) is 2. The van der Waals surface area contributed by atoms with Crippen LogP contribution in [-0.2, 0) is 14.8 Å². The second-order valence-corrected chi connectivity index (χ2v) is 6.03. The summed E-state index contributed by atoms with van der Waals surface area (Å²) in [7, 11) is -3.52. The van der Waals surface area contributed by atoms with Crippen LogP contribution in [0.2, 0.25) is 0 Å². The Kier molecular flexibility index (Phi) is 3.13. The quantitative estimate of drug-likeness (QED) is 0.880. The van der Waals surface area contributed by atoms with Gasteiger partial charge in [-0.25, -0.2) is 8.42 Å². The van der Waals surface area contributed by atoms with E-state index in [-0.39, 0.29) is 0 Å². The number of rotatable bonds is 3. The highest BCUT2D eigenvalue weighted by Gasteiger charge is 2.18. The maximum atomic E-state index is 11.7. The number of aromatic amines is 1. The van der Waals surface area contributed by atoms with Crippen LogP contribution in [0.1, 0.15) is 18.4 Å². The van der Waals surface area contributed by atoms with Gasteiger partial charge in [-0.15, -0.1) is 0 Å². The van der Waals surface area contributed by atoms with Gasteiger partial charge in [0, 0.05) is 11.7 Å². The maximum Gasteiger partial charge on any atom is 0.240 e. The highest BCUT2D eigenvalue weighted by molar-refractivity contribution is 7.89. The van der Waals surface area contributed by atoms with Crippen LogP contribution in [0, 0.1) is 0 Å². The summed E-state index contributed by atoms with van der Waals surface area (Å²) in [6, 6.07) is 7.50. The first kappa shape index (κ1) is 12.6. The normalized spacial score (nSPS) is 13.4. The van der Waals surface area contributed by atoms with E-state index >= 15 is 0 Å². The summed E-state index contributed by atoms with van der Waals surface area (Å²) in [5.41, 5.74) is 1.69. The SMILES string of the molecule is CC(C(=O)NS(C)(=O)=O)c1ccc2cc[nH]c2c1. The molecule has 0 saturated heterocycles. The Morgan fingerprint density at radius 1 is 1.33 bits per heavy atom. The van der Waals surface area contributed by atoms with E-state index < -0.39 is 21.8 Å². The van der Waals surface area contributed by atoms with E-state index in [0.717, 1.165) is 22.7 Å². The number of nitrogens with one attached hydrogen (secondary N) is 2. The van der Waals surface area contributed by atoms with Crippen LogP contribution in [0.3, 0.4) is 0 Å². The number of carbonyl (C=O) groups excluding carboxylic acids is 1. The van der Waals surface area contributed by atoms with Crippen LogP contribution in [0.15, 0.2) is 30.5 Å². The molecule has 18 heavy (non-hydrogen) atoms. The molecule has 2 N–H and O–H groups in total. The molecule has 0 spiro atoms. The van der Waals surface area contributed by atoms with Gasteiger partial charge in [0.1, 0.15) is 0 Å². The van der Waals surface area contributed by atoms with Crippen LogP contribution in [-0.4, -0.2) is 25.6 Å². The molecule has 1 aromatic carbocycles. The van der Waals surface area contributed by atoms with Gasteiger partial charge in [0.25, 0.3) is 0 Å². The predicted molar refractivity (Wildman–Crippen MR) is 69.7 cm³/mol. The van der Waals surface area contributed by atoms with Gasteiger partial charge < -0.3 is 4.98 Å². The molecule has 1 heterocycles. The summed E-state index contributed by atoms with van der Waals surface area (Å²) < 4.78 is 24.0. The fourth-order valence-electron chi connectivity index (χ4n) is 1.76. The van der Waals surface area contributed by atoms with Gasteiger partial charge in [0.2, 0.25) is 15.9 Å². The molecular formula is C12H14N2O3S. The summed E-state index contributed by atoms with van der Waals surface area (Å²) in [6.45, 7) is 1.67. The molecule has 1 atom stereocenters. The van der Waals surface area contributed by atoms with Crippen molar-refractivity contribution in [3.63, 3.8) is 0 Å². The number of amides is 1. The molecule has 0 aliphatic heterocycles. The number of sulfonamides is 1. The lowest BCUT2D eigenvalue weighted by atomic mass is 10.00. The lowest BCUT2D eigenvalue weighted by Crippen LogP contribution is -2.32. The highest BCUT2D eigenvalue weighted by atomic mass is 32.2. The first-order valence-electron chi connectivity index (χ1n) is 5.45. The van der Waals surface area contributed by atoms with Gasteiger partial charge in [0.15, 0.2) is 0 Å². The molecule has 1 aromatic heterocycles. The Morgan fingerprint density at radius 2 is 2.06 bits per heavy atom. The maximum absolute atomic E-state index is 11.7. The third kappa shape index (κ3) is 2.70. The summed E-state index contributed by atoms with van der Waals surface area (Å²) in [6.07, 6.45) is 2.78. The Balaban J connectivity index is 2.27. The third-order valence-electron chi connectivity index (χ3n) is 2.76. The van der Waals surface area contributed by atoms with Crippen LogP contribution in [0.5, 0.6) is 0 Å². The molecule has 5 nitrogen and oxygen atoms in total. The van der Waals surface area contributed by atoms with E-state index in [1.165, 1.54) is 0 Å². The number of H-pyrrole nitrogens is 1. The van der Waals surface area contributed by atoms with Crippen molar-refractivity contribution < 1.29 is 13.2 Å². The minimum absolute atomic E-state index is 0.521. The predicted octanol–water partition coefficient (Wildman–Crippen LogP) is 1.35. The molecule has 6 heteroatoms. The standard InChI is InChI=1S/C12H14N2O3S/c1-8(12(15)14-18(2,16)17)10-4-3-9-5-6-13-11(9)7-10/h3-8,13H,1-2H3,(H,14,15). The molecule has 96 valence electrons. The van der Waals surface area contributed by atoms with Crippen LogP contribution < -0.4 is 4.72 Å². The second kappa shape index (κ2) is 4.45. The van der Waals surface area contributed by atoms with E-state index in [1.54, 1.807) is 6.92 Å². The molecule has 0 fully saturated rings. The van der Waals surface area contributed by atoms with Crippen molar-refractivity contribution in [1.82, 2.24) is 9.71 Å². The van der Waals surface area contributed by atoms with Gasteiger partial charge in [0.05, 0.1) is 12.2 Å². The zero-order valence-corrected chi connectivity index (χ0v) is 10.9. The number of fused-ring (bicyclic) bond motifs is 1. The molecule has 0 bridgehead atoms. The van der Waals surface area contributed by atoms with Crippen molar-refractivity contribution in [3.8, 4) is 0 Å². The fourth-order valence-corrected chi connectivity index (χ4v) is 2.30. The summed E-state index contributed by atoms with van der Waals surface area (Å²) >= 11 is 0. The van der Waals surface area contributed by atoms with E-state index in [4.69, 9.17) is 0 Å². The van der Waals surface area contributed by atoms with Crippen molar-refractivity contribution in [2.75, 3.05) is 6.26 Å². The zero-order valence-electron chi connectivity index (χ0n) is 10.1. The smallest absolute Gasteiger partial charge is 0.240 e. The Hall–Kier alpha value is -1.82. The highest BCUT2D eigenvalue weighted by Crippen LogP contribution is 2.21. The largest absolute Gasteiger partial charge is 0.361 e. The van der Waals surface area contributed by atoms with E-state index in [1.807, 2.05) is 35.2 Å². The van der Waals surface area contributed by atoms with Gasteiger partial charge in [-0.2, -0.15) is 0 Å². The van der Waals surface area contributed by atoms with Gasteiger partial charge in [-0.05, 0) is 30.0 Å². The Bertz CT molecular complexity index is 688. The van der Waals surface area contributed by atoms with Gasteiger partial charge in [-0.1, -0.05) is 12.1 Å². The van der Waals surface area contributed by atoms with E-state index in [0.29, 0.717) is 0 Å². The van der Waals surface area contributed by atoms with Crippen LogP contribution >= 0.6 is 0 Å². The molecule has 2 rings (SSSR count). The van der Waals surface area contributed by atoms with Crippen molar-refractivity contribution in [3.05, 3.63) is 36.0 Å². The lowest BCUT2D eigenvalue weighted by Gasteiger charge is -2.11. The number of carbonyl (C=O) groups is 1. The molecule has 0 saturated carbocycles. The van der Waals surface area contributed by atoms with Crippen molar-refractivity contribution in [2.45, 2.75) is 12.8 Å². The van der Waals surface area contributed by atoms with Gasteiger partial charge in [-0.3, -0.25) is 9.52 Å². The molecule has 0 aliphatic carbocycles. The average molecular weight is 266 g/mol. The first-order valence-corrected chi connectivity index (χ1v) is 7.34. The topological polar surface area (TPSA) is 79.0 Å². The average Bonchev–Trinajstić information content (AvgIpc) is 2.72. The summed E-state index contributed by atoms with van der Waals surface area (Å²) in [5.74, 6) is -1.05. The fraction of sp³-hybridized carbons (Fsp3) is 0.250. The minimum atomic E-state index is -3.52. The number of hydrogen-bond acceptors (Lipinski definition) is 3. The lowest BCUT2D eigenvalue weighted by molar-refractivity contribution is -0.120. The zero-order chi connectivity index (χ0) is 13.3. The van der Waals surface area contributed by atoms with E-state index in [2.05, 4.69) is 4.98 Å². The van der Waals surface area contributed by atoms with E-state index in [9.17, 15) is 13.2 Å². The summed E-state index contributed by atoms with van der Waals surface area (Å²) in [4.78, 5) is 14.8. The van der Waals surface area contributed by atoms with Crippen LogP contribution in [0.4, 0.5) is 0 Å². The molecule has 1 unspecified atom stereocenters. The number of aromatic nitrogens is 1. The monoisotopic (exact) mass is 266 g/mol. The first-order chi connectivity index (χ1) is 8.37. The molecular weight excluding hydrogens is 252 g/mol. The van der Waals surface area contributed by atoms with Crippen molar-refractivity contribution in [1.29, 1.82) is 0 Å². The third-order valence-corrected chi connectivity index (χ3v) is 3.33. The number of benzene rings is 1. The molecule has 0 aliphatic rings. The molecule has 1 amide bonds. The van der Waals surface area contributed by atoms with Gasteiger partial charge >= 0.3 is 0 Å². The van der Waals surface area contributed by atoms with Crippen molar-refractivity contribution >= 4 is 26.8 Å². The van der Waals surface area contributed by atoms with Crippen molar-refractivity contribution in [2.24, 2.45) is 0 Å². The minimum Gasteiger partial charge on any atom is -0.361 e. The second-order valence-electron chi connectivity index (χ2n) is 4.28. The Labute approximate surface area is 105 Å². The molecule has 2 aromatic rings.